The van der Waals surface area contributed by atoms with Gasteiger partial charge in [0.2, 0.25) is 5.76 Å². The molecule has 0 spiro atoms. The highest BCUT2D eigenvalue weighted by atomic mass is 16.5. The van der Waals surface area contributed by atoms with E-state index < -0.39 is 0 Å². The third kappa shape index (κ3) is 3.84. The van der Waals surface area contributed by atoms with E-state index in [0.29, 0.717) is 6.42 Å². The largest absolute Gasteiger partial charge is 0.396 e. The summed E-state index contributed by atoms with van der Waals surface area (Å²) in [4.78, 5) is 11.9. The molecule has 2 atom stereocenters. The average Bonchev–Trinajstić information content (AvgIpc) is 2.86. The van der Waals surface area contributed by atoms with Crippen LogP contribution in [0.5, 0.6) is 0 Å². The molecular weight excluding hydrogens is 232 g/mol. The van der Waals surface area contributed by atoms with Gasteiger partial charge in [0.1, 0.15) is 0 Å². The summed E-state index contributed by atoms with van der Waals surface area (Å²) >= 11 is 0. The summed E-state index contributed by atoms with van der Waals surface area (Å²) in [6.07, 6.45) is 2.28. The van der Waals surface area contributed by atoms with Crippen molar-refractivity contribution in [3.8, 4) is 0 Å². The summed E-state index contributed by atoms with van der Waals surface area (Å²) in [5, 5.41) is 15.6. The Morgan fingerprint density at radius 2 is 2.22 bits per heavy atom. The number of carbonyl (C=O) groups is 1. The first-order valence-electron chi connectivity index (χ1n) is 6.50. The standard InChI is InChI=1S/C13H22N2O3/c1-4-9(3)11-8-12(18-15-11)13(17)14-10(5-2)6-7-16/h8-10,16H,4-7H2,1-3H3,(H,14,17). The van der Waals surface area contributed by atoms with Gasteiger partial charge in [-0.15, -0.1) is 0 Å². The lowest BCUT2D eigenvalue weighted by Gasteiger charge is -2.13. The Morgan fingerprint density at radius 1 is 1.50 bits per heavy atom. The van der Waals surface area contributed by atoms with E-state index in [1.807, 2.05) is 13.8 Å². The number of nitrogens with one attached hydrogen (secondary N) is 1. The summed E-state index contributed by atoms with van der Waals surface area (Å²) in [6.45, 7) is 6.13. The zero-order chi connectivity index (χ0) is 13.5. The normalized spacial score (nSPS) is 14.2. The van der Waals surface area contributed by atoms with E-state index >= 15 is 0 Å². The van der Waals surface area contributed by atoms with Gasteiger partial charge in [0.05, 0.1) is 5.69 Å². The lowest BCUT2D eigenvalue weighted by Crippen LogP contribution is -2.34. The highest BCUT2D eigenvalue weighted by molar-refractivity contribution is 5.91. The predicted octanol–water partition coefficient (Wildman–Crippen LogP) is 2.08. The van der Waals surface area contributed by atoms with Crippen molar-refractivity contribution in [2.24, 2.45) is 0 Å². The van der Waals surface area contributed by atoms with Crippen LogP contribution in [0.4, 0.5) is 0 Å². The van der Waals surface area contributed by atoms with Crippen molar-refractivity contribution in [1.29, 1.82) is 0 Å². The Morgan fingerprint density at radius 3 is 2.78 bits per heavy atom. The molecule has 1 aromatic rings. The summed E-state index contributed by atoms with van der Waals surface area (Å²) in [5.41, 5.74) is 0.804. The van der Waals surface area contributed by atoms with E-state index in [1.165, 1.54) is 0 Å². The molecule has 0 aliphatic rings. The molecule has 2 N–H and O–H groups in total. The maximum atomic E-state index is 11.9. The smallest absolute Gasteiger partial charge is 0.290 e. The maximum absolute atomic E-state index is 11.9. The number of rotatable bonds is 7. The third-order valence-corrected chi connectivity index (χ3v) is 3.18. The minimum atomic E-state index is -0.266. The number of hydrogen-bond donors (Lipinski definition) is 2. The first-order chi connectivity index (χ1) is 8.62. The number of aliphatic hydroxyl groups is 1. The van der Waals surface area contributed by atoms with Gasteiger partial charge in [-0.25, -0.2) is 0 Å². The number of aromatic nitrogens is 1. The van der Waals surface area contributed by atoms with Crippen LogP contribution in [0, 0.1) is 0 Å². The van der Waals surface area contributed by atoms with E-state index in [0.717, 1.165) is 18.5 Å². The fourth-order valence-electron chi connectivity index (χ4n) is 1.63. The molecule has 0 aliphatic heterocycles. The molecule has 1 aromatic heterocycles. The molecule has 102 valence electrons. The maximum Gasteiger partial charge on any atom is 0.290 e. The third-order valence-electron chi connectivity index (χ3n) is 3.18. The number of aliphatic hydroxyl groups excluding tert-OH is 1. The van der Waals surface area contributed by atoms with Crippen LogP contribution in [0.2, 0.25) is 0 Å². The average molecular weight is 254 g/mol. The molecule has 1 heterocycles. The van der Waals surface area contributed by atoms with Crippen molar-refractivity contribution < 1.29 is 14.4 Å². The van der Waals surface area contributed by atoms with E-state index in [4.69, 9.17) is 9.63 Å². The molecule has 5 heteroatoms. The molecular formula is C13H22N2O3. The number of hydrogen-bond acceptors (Lipinski definition) is 4. The van der Waals surface area contributed by atoms with Crippen molar-refractivity contribution in [3.05, 3.63) is 17.5 Å². The Bertz CT molecular complexity index is 376. The first kappa shape index (κ1) is 14.7. The second-order valence-corrected chi connectivity index (χ2v) is 4.52. The lowest BCUT2D eigenvalue weighted by molar-refractivity contribution is 0.0891. The van der Waals surface area contributed by atoms with E-state index in [-0.39, 0.29) is 30.2 Å². The fraction of sp³-hybridized carbons (Fsp3) is 0.692. The topological polar surface area (TPSA) is 75.4 Å². The molecule has 2 unspecified atom stereocenters. The Labute approximate surface area is 108 Å². The van der Waals surface area contributed by atoms with Gasteiger partial charge < -0.3 is 14.9 Å². The zero-order valence-corrected chi connectivity index (χ0v) is 11.3. The minimum Gasteiger partial charge on any atom is -0.396 e. The first-order valence-corrected chi connectivity index (χ1v) is 6.50. The molecule has 0 radical (unpaired) electrons. The molecule has 0 aliphatic carbocycles. The number of amides is 1. The van der Waals surface area contributed by atoms with Crippen LogP contribution in [0.25, 0.3) is 0 Å². The molecule has 0 saturated heterocycles. The second-order valence-electron chi connectivity index (χ2n) is 4.52. The van der Waals surface area contributed by atoms with E-state index in [9.17, 15) is 4.79 Å². The lowest BCUT2D eigenvalue weighted by atomic mass is 10.1. The quantitative estimate of drug-likeness (QED) is 0.781. The van der Waals surface area contributed by atoms with Crippen LogP contribution in [-0.2, 0) is 0 Å². The molecule has 1 rings (SSSR count). The van der Waals surface area contributed by atoms with E-state index in [2.05, 4.69) is 17.4 Å². The summed E-state index contributed by atoms with van der Waals surface area (Å²) < 4.78 is 5.05. The SMILES string of the molecule is CCC(CCO)NC(=O)c1cc(C(C)CC)no1. The van der Waals surface area contributed by atoms with Crippen molar-refractivity contribution in [1.82, 2.24) is 10.5 Å². The van der Waals surface area contributed by atoms with Crippen molar-refractivity contribution >= 4 is 5.91 Å². The highest BCUT2D eigenvalue weighted by Crippen LogP contribution is 2.18. The molecule has 0 fully saturated rings. The number of nitrogens with zero attached hydrogens (tertiary/aromatic N) is 1. The van der Waals surface area contributed by atoms with Crippen LogP contribution < -0.4 is 5.32 Å². The highest BCUT2D eigenvalue weighted by Gasteiger charge is 2.18. The van der Waals surface area contributed by atoms with Gasteiger partial charge in [-0.2, -0.15) is 0 Å². The van der Waals surface area contributed by atoms with Crippen molar-refractivity contribution in [2.75, 3.05) is 6.61 Å². The van der Waals surface area contributed by atoms with Crippen LogP contribution in [-0.4, -0.2) is 28.8 Å². The Kier molecular flexibility index (Phi) is 5.85. The van der Waals surface area contributed by atoms with Gasteiger partial charge in [-0.1, -0.05) is 25.9 Å². The number of carbonyl (C=O) groups excluding carboxylic acids is 1. The van der Waals surface area contributed by atoms with Gasteiger partial charge in [-0.3, -0.25) is 4.79 Å². The molecule has 5 nitrogen and oxygen atoms in total. The fourth-order valence-corrected chi connectivity index (χ4v) is 1.63. The zero-order valence-electron chi connectivity index (χ0n) is 11.3. The van der Waals surface area contributed by atoms with Gasteiger partial charge >= 0.3 is 0 Å². The Balaban J connectivity index is 2.63. The van der Waals surface area contributed by atoms with Crippen molar-refractivity contribution in [2.45, 2.75) is 52.0 Å². The molecule has 0 bridgehead atoms. The molecule has 0 saturated carbocycles. The molecule has 18 heavy (non-hydrogen) atoms. The monoisotopic (exact) mass is 254 g/mol. The van der Waals surface area contributed by atoms with Crippen LogP contribution in [0.1, 0.15) is 62.2 Å². The second kappa shape index (κ2) is 7.16. The van der Waals surface area contributed by atoms with Crippen LogP contribution >= 0.6 is 0 Å². The Hall–Kier alpha value is -1.36. The van der Waals surface area contributed by atoms with Crippen LogP contribution in [0.3, 0.4) is 0 Å². The minimum absolute atomic E-state index is 0.0281. The predicted molar refractivity (Wildman–Crippen MR) is 68.5 cm³/mol. The van der Waals surface area contributed by atoms with Crippen LogP contribution in [0.15, 0.2) is 10.6 Å². The summed E-state index contributed by atoms with van der Waals surface area (Å²) in [6, 6.07) is 1.66. The van der Waals surface area contributed by atoms with Gasteiger partial charge in [0.15, 0.2) is 0 Å². The molecule has 0 aromatic carbocycles. The summed E-state index contributed by atoms with van der Waals surface area (Å²) in [7, 11) is 0. The van der Waals surface area contributed by atoms with Gasteiger partial charge in [-0.05, 0) is 19.3 Å². The van der Waals surface area contributed by atoms with E-state index in [1.54, 1.807) is 6.07 Å². The molecule has 1 amide bonds. The van der Waals surface area contributed by atoms with Gasteiger partial charge in [0, 0.05) is 24.6 Å². The van der Waals surface area contributed by atoms with Crippen molar-refractivity contribution in [3.63, 3.8) is 0 Å². The summed E-state index contributed by atoms with van der Waals surface area (Å²) in [5.74, 6) is 0.258. The van der Waals surface area contributed by atoms with Gasteiger partial charge in [0.25, 0.3) is 5.91 Å².